The van der Waals surface area contributed by atoms with Crippen molar-refractivity contribution in [1.82, 2.24) is 14.5 Å². The second-order valence-electron chi connectivity index (χ2n) is 6.41. The van der Waals surface area contributed by atoms with Gasteiger partial charge in [-0.2, -0.15) is 0 Å². The summed E-state index contributed by atoms with van der Waals surface area (Å²) in [7, 11) is 2.72. The number of aromatic nitrogens is 2. The first kappa shape index (κ1) is 23.7. The van der Waals surface area contributed by atoms with E-state index in [0.717, 1.165) is 17.8 Å². The molecule has 0 saturated heterocycles. The average Bonchev–Trinajstić information content (AvgIpc) is 2.69. The number of halogens is 2. The van der Waals surface area contributed by atoms with E-state index in [9.17, 15) is 23.6 Å². The van der Waals surface area contributed by atoms with Crippen molar-refractivity contribution in [2.45, 2.75) is 30.4 Å². The van der Waals surface area contributed by atoms with E-state index >= 15 is 0 Å². The van der Waals surface area contributed by atoms with E-state index in [0.29, 0.717) is 15.2 Å². The van der Waals surface area contributed by atoms with Gasteiger partial charge >= 0.3 is 11.7 Å². The van der Waals surface area contributed by atoms with Gasteiger partial charge in [-0.1, -0.05) is 11.6 Å². The van der Waals surface area contributed by atoms with Crippen LogP contribution >= 0.6 is 23.4 Å². The van der Waals surface area contributed by atoms with Crippen LogP contribution in [0.2, 0.25) is 5.02 Å². The molecule has 162 valence electrons. The number of rotatable bonds is 7. The molecule has 2 aromatic rings. The summed E-state index contributed by atoms with van der Waals surface area (Å²) in [4.78, 5) is 48.5. The van der Waals surface area contributed by atoms with Gasteiger partial charge in [-0.05, 0) is 26.0 Å². The van der Waals surface area contributed by atoms with Crippen molar-refractivity contribution in [3.05, 3.63) is 55.6 Å². The minimum Gasteiger partial charge on any atom is -0.469 e. The Balaban J connectivity index is 2.31. The first-order chi connectivity index (χ1) is 14.1. The third-order valence-corrected chi connectivity index (χ3v) is 5.92. The first-order valence-electron chi connectivity index (χ1n) is 8.87. The number of carbonyl (C=O) groups excluding carboxylic acids is 2. The van der Waals surface area contributed by atoms with Crippen LogP contribution in [0.5, 0.6) is 0 Å². The minimum absolute atomic E-state index is 0.0285. The predicted molar refractivity (Wildman–Crippen MR) is 112 cm³/mol. The van der Waals surface area contributed by atoms with Gasteiger partial charge in [-0.3, -0.25) is 14.4 Å². The molecule has 2 rings (SSSR count). The van der Waals surface area contributed by atoms with Crippen LogP contribution in [0.3, 0.4) is 0 Å². The summed E-state index contributed by atoms with van der Waals surface area (Å²) >= 11 is 7.14. The van der Waals surface area contributed by atoms with Crippen molar-refractivity contribution in [2.24, 2.45) is 7.05 Å². The van der Waals surface area contributed by atoms with E-state index in [1.54, 1.807) is 13.8 Å². The maximum Gasteiger partial charge on any atom is 0.335 e. The lowest BCUT2D eigenvalue weighted by Crippen LogP contribution is -2.38. The van der Waals surface area contributed by atoms with E-state index in [2.05, 4.69) is 10.1 Å². The highest BCUT2D eigenvalue weighted by Crippen LogP contribution is 2.33. The molecule has 1 unspecified atom stereocenters. The summed E-state index contributed by atoms with van der Waals surface area (Å²) in [5.41, 5.74) is -1.21. The smallest absolute Gasteiger partial charge is 0.335 e. The van der Waals surface area contributed by atoms with Crippen LogP contribution in [-0.2, 0) is 21.4 Å². The number of hydrogen-bond donors (Lipinski definition) is 1. The normalized spacial score (nSPS) is 11.8. The fourth-order valence-electron chi connectivity index (χ4n) is 2.51. The maximum absolute atomic E-state index is 14.6. The van der Waals surface area contributed by atoms with E-state index in [1.165, 1.54) is 30.9 Å². The van der Waals surface area contributed by atoms with Gasteiger partial charge in [0.05, 0.1) is 29.5 Å². The third kappa shape index (κ3) is 5.31. The van der Waals surface area contributed by atoms with Gasteiger partial charge in [0.1, 0.15) is 5.82 Å². The summed E-state index contributed by atoms with van der Waals surface area (Å²) in [6.45, 7) is 3.30. The number of hydrogen-bond acceptors (Lipinski definition) is 6. The number of methoxy groups -OCH3 is 1. The summed E-state index contributed by atoms with van der Waals surface area (Å²) in [6.07, 6.45) is 0.0285. The van der Waals surface area contributed by atoms with E-state index in [-0.39, 0.29) is 29.6 Å². The Morgan fingerprint density at radius 2 is 1.97 bits per heavy atom. The Labute approximate surface area is 181 Å². The third-order valence-electron chi connectivity index (χ3n) is 4.33. The number of amides is 1. The van der Waals surface area contributed by atoms with Gasteiger partial charge in [0, 0.05) is 30.2 Å². The molecule has 1 heterocycles. The molecule has 8 nitrogen and oxygen atoms in total. The van der Waals surface area contributed by atoms with Crippen molar-refractivity contribution < 1.29 is 18.7 Å². The highest BCUT2D eigenvalue weighted by molar-refractivity contribution is 8.00. The molecule has 1 atom stereocenters. The van der Waals surface area contributed by atoms with Crippen molar-refractivity contribution in [2.75, 3.05) is 13.7 Å². The SMILES string of the molecule is COC(=O)CCNC(=O)C(C)Sc1cc(-n2c(=O)cc(C)n(C)c2=O)c(F)cc1Cl. The number of esters is 1. The van der Waals surface area contributed by atoms with E-state index in [4.69, 9.17) is 11.6 Å². The highest BCUT2D eigenvalue weighted by atomic mass is 35.5. The topological polar surface area (TPSA) is 99.4 Å². The zero-order valence-electron chi connectivity index (χ0n) is 16.8. The molecule has 0 aliphatic rings. The molecule has 1 amide bonds. The zero-order valence-corrected chi connectivity index (χ0v) is 18.4. The van der Waals surface area contributed by atoms with Crippen LogP contribution in [-0.4, -0.2) is 39.9 Å². The molecule has 0 radical (unpaired) electrons. The Morgan fingerprint density at radius 1 is 1.30 bits per heavy atom. The zero-order chi connectivity index (χ0) is 22.6. The van der Waals surface area contributed by atoms with E-state index < -0.39 is 28.3 Å². The molecular weight excluding hydrogens is 437 g/mol. The van der Waals surface area contributed by atoms with Gasteiger partial charge in [-0.25, -0.2) is 13.8 Å². The number of thioether (sulfide) groups is 1. The second kappa shape index (κ2) is 9.94. The first-order valence-corrected chi connectivity index (χ1v) is 10.1. The molecule has 0 spiro atoms. The van der Waals surface area contributed by atoms with Gasteiger partial charge < -0.3 is 14.6 Å². The van der Waals surface area contributed by atoms with Crippen LogP contribution in [0, 0.1) is 12.7 Å². The maximum atomic E-state index is 14.6. The van der Waals surface area contributed by atoms with Crippen LogP contribution in [0.1, 0.15) is 19.0 Å². The Bertz CT molecular complexity index is 1100. The number of nitrogens with zero attached hydrogens (tertiary/aromatic N) is 2. The summed E-state index contributed by atoms with van der Waals surface area (Å²) in [6, 6.07) is 3.48. The van der Waals surface area contributed by atoms with Crippen molar-refractivity contribution in [1.29, 1.82) is 0 Å². The molecule has 0 aliphatic carbocycles. The van der Waals surface area contributed by atoms with Gasteiger partial charge in [0.15, 0.2) is 0 Å². The van der Waals surface area contributed by atoms with Gasteiger partial charge in [0.2, 0.25) is 5.91 Å². The van der Waals surface area contributed by atoms with Crippen molar-refractivity contribution in [3.8, 4) is 5.69 Å². The number of benzene rings is 1. The van der Waals surface area contributed by atoms with E-state index in [1.807, 2.05) is 0 Å². The monoisotopic (exact) mass is 457 g/mol. The summed E-state index contributed by atoms with van der Waals surface area (Å²) < 4.78 is 21.0. The average molecular weight is 458 g/mol. The Kier molecular flexibility index (Phi) is 7.85. The van der Waals surface area contributed by atoms with Gasteiger partial charge in [0.25, 0.3) is 5.56 Å². The van der Waals surface area contributed by atoms with Crippen LogP contribution in [0.15, 0.2) is 32.7 Å². The molecule has 0 aliphatic heterocycles. The Hall–Kier alpha value is -2.59. The quantitative estimate of drug-likeness (QED) is 0.502. The molecular formula is C19H21ClFN3O5S. The molecule has 0 saturated carbocycles. The number of nitrogens with one attached hydrogen (secondary N) is 1. The lowest BCUT2D eigenvalue weighted by Gasteiger charge is -2.15. The molecule has 11 heteroatoms. The molecule has 0 fully saturated rings. The minimum atomic E-state index is -0.845. The molecule has 1 N–H and O–H groups in total. The van der Waals surface area contributed by atoms with Crippen LogP contribution in [0.25, 0.3) is 5.69 Å². The van der Waals surface area contributed by atoms with Crippen molar-refractivity contribution >= 4 is 35.2 Å². The summed E-state index contributed by atoms with van der Waals surface area (Å²) in [5.74, 6) is -1.66. The van der Waals surface area contributed by atoms with Crippen LogP contribution < -0.4 is 16.6 Å². The molecule has 1 aromatic heterocycles. The largest absolute Gasteiger partial charge is 0.469 e. The molecule has 0 bridgehead atoms. The lowest BCUT2D eigenvalue weighted by molar-refractivity contribution is -0.140. The predicted octanol–water partition coefficient (Wildman–Crippen LogP) is 1.80. The van der Waals surface area contributed by atoms with Gasteiger partial charge in [-0.15, -0.1) is 11.8 Å². The fraction of sp³-hybridized carbons (Fsp3) is 0.368. The second-order valence-corrected chi connectivity index (χ2v) is 8.20. The molecule has 1 aromatic carbocycles. The number of aryl methyl sites for hydroxylation is 1. The highest BCUT2D eigenvalue weighted by Gasteiger charge is 2.20. The summed E-state index contributed by atoms with van der Waals surface area (Å²) in [5, 5.41) is 1.98. The van der Waals surface area contributed by atoms with Crippen molar-refractivity contribution in [3.63, 3.8) is 0 Å². The number of ether oxygens (including phenoxy) is 1. The number of carbonyl (C=O) groups is 2. The fourth-order valence-corrected chi connectivity index (χ4v) is 3.72. The van der Waals surface area contributed by atoms with Crippen LogP contribution in [0.4, 0.5) is 4.39 Å². The Morgan fingerprint density at radius 3 is 2.60 bits per heavy atom. The lowest BCUT2D eigenvalue weighted by atomic mass is 10.3. The molecule has 30 heavy (non-hydrogen) atoms. The standard InChI is InChI=1S/C19H21ClFN3O5S/c1-10-7-16(25)24(19(28)23(10)3)14-9-15(12(20)8-13(14)21)30-11(2)18(27)22-6-5-17(26)29-4/h7-9,11H,5-6H2,1-4H3,(H,22,27).